The summed E-state index contributed by atoms with van der Waals surface area (Å²) in [5.41, 5.74) is 0. The molecule has 1 aliphatic rings. The molecule has 0 aliphatic carbocycles. The molecule has 3 heteroatoms. The number of carbonyl (C=O) groups is 1. The molecule has 0 saturated carbocycles. The van der Waals surface area contributed by atoms with Gasteiger partial charge in [0.2, 0.25) is 0 Å². The summed E-state index contributed by atoms with van der Waals surface area (Å²) in [5.74, 6) is 0.101. The van der Waals surface area contributed by atoms with E-state index < -0.39 is 5.97 Å². The predicted molar refractivity (Wildman–Crippen MR) is 54.3 cm³/mol. The van der Waals surface area contributed by atoms with Crippen LogP contribution in [0.5, 0.6) is 0 Å². The summed E-state index contributed by atoms with van der Waals surface area (Å²) < 4.78 is 5.29. The molecule has 3 nitrogen and oxygen atoms in total. The van der Waals surface area contributed by atoms with Crippen LogP contribution in [0.3, 0.4) is 0 Å². The van der Waals surface area contributed by atoms with Crippen molar-refractivity contribution in [1.82, 2.24) is 0 Å². The molecule has 0 amide bonds. The van der Waals surface area contributed by atoms with Crippen LogP contribution in [0.1, 0.15) is 44.9 Å². The number of ether oxygens (including phenoxy) is 1. The summed E-state index contributed by atoms with van der Waals surface area (Å²) >= 11 is 0. The highest BCUT2D eigenvalue weighted by Crippen LogP contribution is 2.19. The van der Waals surface area contributed by atoms with Crippen molar-refractivity contribution in [2.45, 2.75) is 44.9 Å². The standard InChI is InChI=1S/C11H20O3/c12-11(13)6-4-2-1-3-5-10-7-8-14-9-10/h10H,1-9H2,(H,12,13). The van der Waals surface area contributed by atoms with E-state index in [1.165, 1.54) is 25.7 Å². The topological polar surface area (TPSA) is 46.5 Å². The van der Waals surface area contributed by atoms with E-state index in [4.69, 9.17) is 9.84 Å². The third kappa shape index (κ3) is 5.22. The van der Waals surface area contributed by atoms with E-state index in [9.17, 15) is 4.79 Å². The lowest BCUT2D eigenvalue weighted by Crippen LogP contribution is -1.98. The second-order valence-corrected chi connectivity index (χ2v) is 4.08. The quantitative estimate of drug-likeness (QED) is 0.642. The molecule has 1 N–H and O–H groups in total. The third-order valence-corrected chi connectivity index (χ3v) is 2.78. The number of unbranched alkanes of at least 4 members (excludes halogenated alkanes) is 3. The Morgan fingerprint density at radius 1 is 1.29 bits per heavy atom. The fraction of sp³-hybridized carbons (Fsp3) is 0.909. The van der Waals surface area contributed by atoms with Gasteiger partial charge in [0.1, 0.15) is 0 Å². The van der Waals surface area contributed by atoms with Crippen molar-refractivity contribution in [3.63, 3.8) is 0 Å². The maximum absolute atomic E-state index is 10.2. The highest BCUT2D eigenvalue weighted by molar-refractivity contribution is 5.66. The fourth-order valence-electron chi connectivity index (χ4n) is 1.87. The Bertz CT molecular complexity index is 162. The lowest BCUT2D eigenvalue weighted by molar-refractivity contribution is -0.137. The Hall–Kier alpha value is -0.570. The molecule has 0 aromatic carbocycles. The van der Waals surface area contributed by atoms with Crippen LogP contribution in [0.15, 0.2) is 0 Å². The van der Waals surface area contributed by atoms with E-state index in [2.05, 4.69) is 0 Å². The van der Waals surface area contributed by atoms with Crippen LogP contribution in [0.2, 0.25) is 0 Å². The average molecular weight is 200 g/mol. The first-order valence-corrected chi connectivity index (χ1v) is 5.58. The van der Waals surface area contributed by atoms with Gasteiger partial charge in [0.05, 0.1) is 0 Å². The summed E-state index contributed by atoms with van der Waals surface area (Å²) in [7, 11) is 0. The predicted octanol–water partition coefficient (Wildman–Crippen LogP) is 2.45. The molecule has 82 valence electrons. The number of hydrogen-bond donors (Lipinski definition) is 1. The van der Waals surface area contributed by atoms with Crippen molar-refractivity contribution in [1.29, 1.82) is 0 Å². The lowest BCUT2D eigenvalue weighted by Gasteiger charge is -2.05. The number of carboxylic acids is 1. The zero-order valence-electron chi connectivity index (χ0n) is 8.71. The van der Waals surface area contributed by atoms with Gasteiger partial charge in [0.15, 0.2) is 0 Å². The average Bonchev–Trinajstić information content (AvgIpc) is 2.63. The van der Waals surface area contributed by atoms with Gasteiger partial charge >= 0.3 is 5.97 Å². The van der Waals surface area contributed by atoms with E-state index in [1.807, 2.05) is 0 Å². The fourth-order valence-corrected chi connectivity index (χ4v) is 1.87. The summed E-state index contributed by atoms with van der Waals surface area (Å²) in [5, 5.41) is 8.43. The van der Waals surface area contributed by atoms with Crippen molar-refractivity contribution < 1.29 is 14.6 Å². The van der Waals surface area contributed by atoms with Crippen LogP contribution in [0, 0.1) is 5.92 Å². The summed E-state index contributed by atoms with van der Waals surface area (Å²) in [4.78, 5) is 10.2. The van der Waals surface area contributed by atoms with Gasteiger partial charge in [0, 0.05) is 19.6 Å². The van der Waals surface area contributed by atoms with E-state index >= 15 is 0 Å². The summed E-state index contributed by atoms with van der Waals surface area (Å²) in [6.07, 6.45) is 7.09. The largest absolute Gasteiger partial charge is 0.481 e. The molecular formula is C11H20O3. The first-order valence-electron chi connectivity index (χ1n) is 5.58. The van der Waals surface area contributed by atoms with Crippen molar-refractivity contribution in [2.75, 3.05) is 13.2 Å². The molecule has 14 heavy (non-hydrogen) atoms. The molecule has 0 bridgehead atoms. The monoisotopic (exact) mass is 200 g/mol. The second-order valence-electron chi connectivity index (χ2n) is 4.08. The van der Waals surface area contributed by atoms with Crippen LogP contribution < -0.4 is 0 Å². The van der Waals surface area contributed by atoms with Gasteiger partial charge in [0.25, 0.3) is 0 Å². The smallest absolute Gasteiger partial charge is 0.303 e. The maximum Gasteiger partial charge on any atom is 0.303 e. The van der Waals surface area contributed by atoms with Gasteiger partial charge in [-0.05, 0) is 25.2 Å². The molecule has 1 heterocycles. The zero-order chi connectivity index (χ0) is 10.2. The Labute approximate surface area is 85.5 Å². The van der Waals surface area contributed by atoms with Gasteiger partial charge in [-0.15, -0.1) is 0 Å². The minimum atomic E-state index is -0.672. The number of rotatable bonds is 7. The van der Waals surface area contributed by atoms with Gasteiger partial charge in [-0.25, -0.2) is 0 Å². The Kier molecular flexibility index (Phi) is 5.60. The van der Waals surface area contributed by atoms with Crippen molar-refractivity contribution in [3.05, 3.63) is 0 Å². The van der Waals surface area contributed by atoms with Gasteiger partial charge < -0.3 is 9.84 Å². The first kappa shape index (κ1) is 11.5. The summed E-state index contributed by atoms with van der Waals surface area (Å²) in [6, 6.07) is 0. The molecule has 0 spiro atoms. The second kappa shape index (κ2) is 6.82. The van der Waals surface area contributed by atoms with Crippen LogP contribution in [0.4, 0.5) is 0 Å². The lowest BCUT2D eigenvalue weighted by atomic mass is 10.00. The molecule has 1 unspecified atom stereocenters. The number of hydrogen-bond acceptors (Lipinski definition) is 2. The van der Waals surface area contributed by atoms with E-state index in [1.54, 1.807) is 0 Å². The Morgan fingerprint density at radius 2 is 2.07 bits per heavy atom. The molecule has 1 rings (SSSR count). The molecule has 0 radical (unpaired) electrons. The SMILES string of the molecule is O=C(O)CCCCCCC1CCOC1. The van der Waals surface area contributed by atoms with Crippen LogP contribution >= 0.6 is 0 Å². The van der Waals surface area contributed by atoms with Gasteiger partial charge in [-0.2, -0.15) is 0 Å². The number of carboxylic acid groups (broad SMARTS) is 1. The van der Waals surface area contributed by atoms with Crippen LogP contribution in [0.25, 0.3) is 0 Å². The van der Waals surface area contributed by atoms with Gasteiger partial charge in [-0.1, -0.05) is 19.3 Å². The van der Waals surface area contributed by atoms with Crippen molar-refractivity contribution in [2.24, 2.45) is 5.92 Å². The molecular weight excluding hydrogens is 180 g/mol. The minimum absolute atomic E-state index is 0.326. The van der Waals surface area contributed by atoms with Crippen LogP contribution in [-0.4, -0.2) is 24.3 Å². The number of aliphatic carboxylic acids is 1. The van der Waals surface area contributed by atoms with E-state index in [-0.39, 0.29) is 0 Å². The Morgan fingerprint density at radius 3 is 2.71 bits per heavy atom. The Balaban J connectivity index is 1.82. The van der Waals surface area contributed by atoms with Gasteiger partial charge in [-0.3, -0.25) is 4.79 Å². The summed E-state index contributed by atoms with van der Waals surface area (Å²) in [6.45, 7) is 1.87. The molecule has 1 saturated heterocycles. The van der Waals surface area contributed by atoms with Crippen molar-refractivity contribution >= 4 is 5.97 Å². The normalized spacial score (nSPS) is 21.3. The molecule has 0 aromatic heterocycles. The highest BCUT2D eigenvalue weighted by Gasteiger charge is 2.14. The molecule has 1 fully saturated rings. The van der Waals surface area contributed by atoms with E-state index in [0.29, 0.717) is 6.42 Å². The minimum Gasteiger partial charge on any atom is -0.481 e. The van der Waals surface area contributed by atoms with Crippen molar-refractivity contribution in [3.8, 4) is 0 Å². The molecule has 1 aliphatic heterocycles. The zero-order valence-corrected chi connectivity index (χ0v) is 8.71. The van der Waals surface area contributed by atoms with E-state index in [0.717, 1.165) is 32.0 Å². The first-order chi connectivity index (χ1) is 6.79. The van der Waals surface area contributed by atoms with Crippen LogP contribution in [-0.2, 0) is 9.53 Å². The molecule has 1 atom stereocenters. The highest BCUT2D eigenvalue weighted by atomic mass is 16.5. The maximum atomic E-state index is 10.2. The molecule has 0 aromatic rings. The third-order valence-electron chi connectivity index (χ3n) is 2.78.